The molecule has 2 aromatic rings. The summed E-state index contributed by atoms with van der Waals surface area (Å²) >= 11 is 0. The molecule has 1 heterocycles. The van der Waals surface area contributed by atoms with Crippen molar-refractivity contribution in [2.24, 2.45) is 4.99 Å². The number of hydrogen-bond donors (Lipinski definition) is 1. The maximum Gasteiger partial charge on any atom is 0.275 e. The molecule has 0 atom stereocenters. The number of amides is 1. The zero-order chi connectivity index (χ0) is 14.7. The largest absolute Gasteiger partial charge is 0.497 e. The van der Waals surface area contributed by atoms with Crippen LogP contribution in [0, 0.1) is 0 Å². The lowest BCUT2D eigenvalue weighted by Crippen LogP contribution is -2.24. The van der Waals surface area contributed by atoms with Crippen LogP contribution in [0.25, 0.3) is 6.08 Å². The minimum Gasteiger partial charge on any atom is -0.497 e. The average molecular weight is 278 g/mol. The molecule has 1 amide bonds. The zero-order valence-corrected chi connectivity index (χ0v) is 11.5. The molecule has 2 aromatic carbocycles. The van der Waals surface area contributed by atoms with Gasteiger partial charge in [-0.3, -0.25) is 4.79 Å². The molecule has 1 aliphatic heterocycles. The van der Waals surface area contributed by atoms with Crippen molar-refractivity contribution in [1.29, 1.82) is 0 Å². The van der Waals surface area contributed by atoms with Crippen molar-refractivity contribution >= 4 is 17.8 Å². The number of ether oxygens (including phenoxy) is 1. The molecule has 0 unspecified atom stereocenters. The molecule has 3 rings (SSSR count). The second-order valence-electron chi connectivity index (χ2n) is 4.58. The standard InChI is InChI=1S/C17H14N2O2/c1-21-14-9-7-12(8-10-14)11-15-17(20)19-16(18-15)13-5-3-2-4-6-13/h2-11H,1H3,(H,18,19,20). The lowest BCUT2D eigenvalue weighted by atomic mass is 10.2. The smallest absolute Gasteiger partial charge is 0.275 e. The van der Waals surface area contributed by atoms with E-state index >= 15 is 0 Å². The van der Waals surface area contributed by atoms with E-state index < -0.39 is 0 Å². The van der Waals surface area contributed by atoms with Gasteiger partial charge in [-0.1, -0.05) is 42.5 Å². The van der Waals surface area contributed by atoms with Crippen LogP contribution in [0.1, 0.15) is 11.1 Å². The molecule has 0 fully saturated rings. The Balaban J connectivity index is 1.89. The summed E-state index contributed by atoms with van der Waals surface area (Å²) in [5.74, 6) is 1.17. The lowest BCUT2D eigenvalue weighted by molar-refractivity contribution is -0.115. The number of carbonyl (C=O) groups is 1. The number of carbonyl (C=O) groups excluding carboxylic acids is 1. The van der Waals surface area contributed by atoms with E-state index in [9.17, 15) is 4.79 Å². The van der Waals surface area contributed by atoms with E-state index in [1.54, 1.807) is 13.2 Å². The second kappa shape index (κ2) is 5.63. The van der Waals surface area contributed by atoms with Crippen molar-refractivity contribution in [2.75, 3.05) is 7.11 Å². The minimum atomic E-state index is -0.190. The summed E-state index contributed by atoms with van der Waals surface area (Å²) in [4.78, 5) is 16.3. The van der Waals surface area contributed by atoms with Gasteiger partial charge in [-0.15, -0.1) is 0 Å². The fourth-order valence-electron chi connectivity index (χ4n) is 2.06. The Morgan fingerprint density at radius 2 is 1.76 bits per heavy atom. The Labute approximate surface area is 122 Å². The molecule has 0 aromatic heterocycles. The van der Waals surface area contributed by atoms with Crippen LogP contribution in [-0.4, -0.2) is 18.9 Å². The first kappa shape index (κ1) is 13.1. The maximum absolute atomic E-state index is 12.0. The fraction of sp³-hybridized carbons (Fsp3) is 0.0588. The number of amidine groups is 1. The zero-order valence-electron chi connectivity index (χ0n) is 11.5. The quantitative estimate of drug-likeness (QED) is 0.877. The van der Waals surface area contributed by atoms with Crippen molar-refractivity contribution in [2.45, 2.75) is 0 Å². The molecular formula is C17H14N2O2. The van der Waals surface area contributed by atoms with Crippen molar-refractivity contribution < 1.29 is 9.53 Å². The van der Waals surface area contributed by atoms with E-state index in [0.29, 0.717) is 11.5 Å². The Morgan fingerprint density at radius 1 is 1.05 bits per heavy atom. The lowest BCUT2D eigenvalue weighted by Gasteiger charge is -1.99. The van der Waals surface area contributed by atoms with Gasteiger partial charge in [0, 0.05) is 5.56 Å². The highest BCUT2D eigenvalue weighted by molar-refractivity contribution is 6.19. The first-order valence-electron chi connectivity index (χ1n) is 6.57. The summed E-state index contributed by atoms with van der Waals surface area (Å²) in [7, 11) is 1.62. The summed E-state index contributed by atoms with van der Waals surface area (Å²) in [6.45, 7) is 0. The van der Waals surface area contributed by atoms with Crippen LogP contribution in [0.2, 0.25) is 0 Å². The maximum atomic E-state index is 12.0. The normalized spacial score (nSPS) is 15.8. The van der Waals surface area contributed by atoms with Crippen LogP contribution < -0.4 is 10.1 Å². The third kappa shape index (κ3) is 2.84. The molecule has 0 saturated carbocycles. The van der Waals surface area contributed by atoms with Crippen molar-refractivity contribution in [3.05, 3.63) is 71.4 Å². The van der Waals surface area contributed by atoms with Gasteiger partial charge in [0.05, 0.1) is 7.11 Å². The number of methoxy groups -OCH3 is 1. The van der Waals surface area contributed by atoms with Crippen LogP contribution in [0.4, 0.5) is 0 Å². The van der Waals surface area contributed by atoms with E-state index in [0.717, 1.165) is 16.9 Å². The highest BCUT2D eigenvalue weighted by Crippen LogP contribution is 2.17. The van der Waals surface area contributed by atoms with Crippen LogP contribution in [0.15, 0.2) is 65.3 Å². The molecule has 0 radical (unpaired) electrons. The van der Waals surface area contributed by atoms with Crippen LogP contribution in [0.3, 0.4) is 0 Å². The number of rotatable bonds is 3. The average Bonchev–Trinajstić information content (AvgIpc) is 2.90. The SMILES string of the molecule is COc1ccc(C=C2N=C(c3ccccc3)NC2=O)cc1. The summed E-state index contributed by atoms with van der Waals surface area (Å²) in [6, 6.07) is 17.0. The van der Waals surface area contributed by atoms with Crippen molar-refractivity contribution in [3.8, 4) is 5.75 Å². The minimum absolute atomic E-state index is 0.190. The molecule has 4 heteroatoms. The monoisotopic (exact) mass is 278 g/mol. The van der Waals surface area contributed by atoms with Gasteiger partial charge >= 0.3 is 0 Å². The first-order valence-corrected chi connectivity index (χ1v) is 6.57. The topological polar surface area (TPSA) is 50.7 Å². The van der Waals surface area contributed by atoms with E-state index in [4.69, 9.17) is 4.74 Å². The Hall–Kier alpha value is -2.88. The predicted octanol–water partition coefficient (Wildman–Crippen LogP) is 2.61. The van der Waals surface area contributed by atoms with Crippen molar-refractivity contribution in [1.82, 2.24) is 5.32 Å². The van der Waals surface area contributed by atoms with Gasteiger partial charge in [0.1, 0.15) is 17.3 Å². The molecule has 21 heavy (non-hydrogen) atoms. The fourth-order valence-corrected chi connectivity index (χ4v) is 2.06. The highest BCUT2D eigenvalue weighted by atomic mass is 16.5. The molecule has 4 nitrogen and oxygen atoms in total. The summed E-state index contributed by atoms with van der Waals surface area (Å²) in [5, 5.41) is 2.78. The van der Waals surface area contributed by atoms with Crippen LogP contribution in [-0.2, 0) is 4.79 Å². The van der Waals surface area contributed by atoms with E-state index in [2.05, 4.69) is 10.3 Å². The Morgan fingerprint density at radius 3 is 2.43 bits per heavy atom. The molecule has 0 bridgehead atoms. The molecule has 104 valence electrons. The van der Waals surface area contributed by atoms with Gasteiger partial charge < -0.3 is 10.1 Å². The van der Waals surface area contributed by atoms with Gasteiger partial charge in [-0.2, -0.15) is 0 Å². The van der Waals surface area contributed by atoms with Crippen LogP contribution in [0.5, 0.6) is 5.75 Å². The number of nitrogens with zero attached hydrogens (tertiary/aromatic N) is 1. The third-order valence-corrected chi connectivity index (χ3v) is 3.16. The second-order valence-corrected chi connectivity index (χ2v) is 4.58. The molecular weight excluding hydrogens is 264 g/mol. The molecule has 0 saturated heterocycles. The van der Waals surface area contributed by atoms with Gasteiger partial charge in [0.2, 0.25) is 0 Å². The van der Waals surface area contributed by atoms with E-state index in [1.807, 2.05) is 54.6 Å². The number of nitrogens with one attached hydrogen (secondary N) is 1. The molecule has 1 N–H and O–H groups in total. The highest BCUT2D eigenvalue weighted by Gasteiger charge is 2.20. The Bertz CT molecular complexity index is 716. The van der Waals surface area contributed by atoms with E-state index in [-0.39, 0.29) is 5.91 Å². The number of aliphatic imine (C=N–C) groups is 1. The molecule has 1 aliphatic rings. The van der Waals surface area contributed by atoms with Crippen LogP contribution >= 0.6 is 0 Å². The summed E-state index contributed by atoms with van der Waals surface area (Å²) < 4.78 is 5.11. The molecule has 0 aliphatic carbocycles. The number of benzene rings is 2. The number of hydrogen-bond acceptors (Lipinski definition) is 3. The predicted molar refractivity (Wildman–Crippen MR) is 82.1 cm³/mol. The molecule has 0 spiro atoms. The van der Waals surface area contributed by atoms with E-state index in [1.165, 1.54) is 0 Å². The third-order valence-electron chi connectivity index (χ3n) is 3.16. The first-order chi connectivity index (χ1) is 10.3. The van der Waals surface area contributed by atoms with Gasteiger partial charge in [-0.05, 0) is 23.8 Å². The summed E-state index contributed by atoms with van der Waals surface area (Å²) in [6.07, 6.45) is 1.75. The van der Waals surface area contributed by atoms with Gasteiger partial charge in [0.15, 0.2) is 0 Å². The van der Waals surface area contributed by atoms with Crippen molar-refractivity contribution in [3.63, 3.8) is 0 Å². The Kier molecular flexibility index (Phi) is 3.51. The summed E-state index contributed by atoms with van der Waals surface area (Å²) in [5.41, 5.74) is 2.20. The van der Waals surface area contributed by atoms with Gasteiger partial charge in [-0.25, -0.2) is 4.99 Å². The van der Waals surface area contributed by atoms with Gasteiger partial charge in [0.25, 0.3) is 5.91 Å².